The number of ether oxygens (including phenoxy) is 3. The van der Waals surface area contributed by atoms with Crippen LogP contribution in [0.15, 0.2) is 60.8 Å². The molecule has 1 aliphatic rings. The van der Waals surface area contributed by atoms with E-state index >= 15 is 0 Å². The van der Waals surface area contributed by atoms with Gasteiger partial charge in [-0.15, -0.1) is 0 Å². The van der Waals surface area contributed by atoms with E-state index in [4.69, 9.17) is 14.2 Å². The number of carbonyl (C=O) groups is 2. The van der Waals surface area contributed by atoms with Gasteiger partial charge in [-0.1, -0.05) is 338 Å². The summed E-state index contributed by atoms with van der Waals surface area (Å²) in [6.45, 7) is 4.33. The van der Waals surface area contributed by atoms with Crippen LogP contribution in [0.5, 0.6) is 0 Å². The molecule has 550 valence electrons. The summed E-state index contributed by atoms with van der Waals surface area (Å²) in [5, 5.41) is 54.4. The Morgan fingerprint density at radius 3 is 1.13 bits per heavy atom. The van der Waals surface area contributed by atoms with Gasteiger partial charge >= 0.3 is 5.97 Å². The lowest BCUT2D eigenvalue weighted by molar-refractivity contribution is -0.302. The fraction of sp³-hybridized carbons (Fsp3) is 0.855. The first-order valence-electron chi connectivity index (χ1n) is 40.6. The maximum atomic E-state index is 13.0. The van der Waals surface area contributed by atoms with Crippen LogP contribution in [0.2, 0.25) is 0 Å². The molecule has 1 amide bonds. The highest BCUT2D eigenvalue weighted by Gasteiger charge is 2.44. The third-order valence-corrected chi connectivity index (χ3v) is 19.1. The van der Waals surface area contributed by atoms with Crippen molar-refractivity contribution in [1.29, 1.82) is 0 Å². The predicted molar refractivity (Wildman–Crippen MR) is 398 cm³/mol. The lowest BCUT2D eigenvalue weighted by Gasteiger charge is -2.40. The standard InChI is InChI=1S/C83H153NO10/c1-3-5-7-9-11-13-15-16-17-18-38-42-45-48-51-55-59-63-67-71-79(88)92-72-68-64-60-56-52-49-46-43-40-37-35-33-31-29-27-25-23-21-19-20-22-24-26-28-30-32-34-36-39-41-44-47-50-54-58-62-66-70-78(87)84-75(74-93-83-82(91)81(90)80(89)77(73-85)94-83)76(86)69-65-61-57-53-14-12-10-8-6-4-2/h14,16-17,19,21,25,27,53,65,69,75-77,80-83,85-86,89-91H,3-13,15,18,20,22-24,26,28-52,54-64,66-68,70-74H2,1-2H3,(H,84,87)/b17-16-,21-19-,27-25-,53-14+,69-65+. The molecule has 0 aliphatic carbocycles. The van der Waals surface area contributed by atoms with Crippen molar-refractivity contribution in [3.8, 4) is 0 Å². The Balaban J connectivity index is 1.87. The number of amides is 1. The van der Waals surface area contributed by atoms with Gasteiger partial charge in [0.05, 0.1) is 32.0 Å². The molecule has 0 spiro atoms. The van der Waals surface area contributed by atoms with Gasteiger partial charge in [0.25, 0.3) is 0 Å². The Morgan fingerprint density at radius 2 is 0.723 bits per heavy atom. The van der Waals surface area contributed by atoms with Gasteiger partial charge in [0.1, 0.15) is 24.4 Å². The molecule has 1 fully saturated rings. The Labute approximate surface area is 579 Å². The van der Waals surface area contributed by atoms with Gasteiger partial charge in [-0.25, -0.2) is 0 Å². The summed E-state index contributed by atoms with van der Waals surface area (Å²) in [7, 11) is 0. The molecule has 7 unspecified atom stereocenters. The fourth-order valence-electron chi connectivity index (χ4n) is 12.7. The number of allylic oxidation sites excluding steroid dienone is 9. The minimum atomic E-state index is -1.58. The van der Waals surface area contributed by atoms with Crippen molar-refractivity contribution in [2.24, 2.45) is 0 Å². The summed E-state index contributed by atoms with van der Waals surface area (Å²) < 4.78 is 16.7. The van der Waals surface area contributed by atoms with Crippen LogP contribution in [0, 0.1) is 0 Å². The summed E-state index contributed by atoms with van der Waals surface area (Å²) in [4.78, 5) is 25.2. The monoisotopic (exact) mass is 1320 g/mol. The second-order valence-corrected chi connectivity index (χ2v) is 28.1. The van der Waals surface area contributed by atoms with Crippen molar-refractivity contribution in [2.45, 2.75) is 436 Å². The first-order chi connectivity index (χ1) is 46.2. The van der Waals surface area contributed by atoms with E-state index in [2.05, 4.69) is 67.8 Å². The van der Waals surface area contributed by atoms with E-state index in [-0.39, 0.29) is 18.5 Å². The summed E-state index contributed by atoms with van der Waals surface area (Å²) in [5.41, 5.74) is 0. The van der Waals surface area contributed by atoms with Gasteiger partial charge in [0, 0.05) is 12.8 Å². The van der Waals surface area contributed by atoms with Crippen LogP contribution in [0.25, 0.3) is 0 Å². The predicted octanol–water partition coefficient (Wildman–Crippen LogP) is 22.0. The largest absolute Gasteiger partial charge is 0.466 e. The highest BCUT2D eigenvalue weighted by Crippen LogP contribution is 2.24. The SMILES string of the molecule is CCCCCC/C=C/CC/C=C/C(O)C(COC1OC(CO)C(O)C(O)C1O)NC(=O)CCCCCCCCCCCCCCCCCCC/C=C\C/C=C\CCCCCCCCCCCCCCCOC(=O)CCCCCCCCCCC/C=C\CCCCCCCC. The molecular formula is C83H153NO10. The second-order valence-electron chi connectivity index (χ2n) is 28.1. The lowest BCUT2D eigenvalue weighted by atomic mass is 9.99. The molecule has 6 N–H and O–H groups in total. The van der Waals surface area contributed by atoms with Crippen molar-refractivity contribution in [2.75, 3.05) is 19.8 Å². The number of unbranched alkanes of at least 4 members (excludes halogenated alkanes) is 50. The van der Waals surface area contributed by atoms with Crippen molar-refractivity contribution in [3.63, 3.8) is 0 Å². The van der Waals surface area contributed by atoms with Gasteiger partial charge in [0.2, 0.25) is 5.91 Å². The molecule has 0 aromatic heterocycles. The molecule has 0 saturated carbocycles. The zero-order valence-electron chi connectivity index (χ0n) is 61.4. The minimum Gasteiger partial charge on any atom is -0.466 e. The van der Waals surface area contributed by atoms with Crippen molar-refractivity contribution >= 4 is 11.9 Å². The Bertz CT molecular complexity index is 1750. The molecule has 11 nitrogen and oxygen atoms in total. The van der Waals surface area contributed by atoms with Crippen molar-refractivity contribution in [1.82, 2.24) is 5.32 Å². The lowest BCUT2D eigenvalue weighted by Crippen LogP contribution is -2.60. The molecule has 0 bridgehead atoms. The van der Waals surface area contributed by atoms with Gasteiger partial charge < -0.3 is 45.1 Å². The van der Waals surface area contributed by atoms with E-state index in [1.807, 2.05) is 6.08 Å². The number of aliphatic hydroxyl groups is 5. The van der Waals surface area contributed by atoms with E-state index < -0.39 is 49.5 Å². The van der Waals surface area contributed by atoms with Crippen LogP contribution >= 0.6 is 0 Å². The van der Waals surface area contributed by atoms with Crippen LogP contribution in [0.3, 0.4) is 0 Å². The average molecular weight is 1330 g/mol. The number of hydrogen-bond donors (Lipinski definition) is 6. The number of nitrogens with one attached hydrogen (secondary N) is 1. The topological polar surface area (TPSA) is 175 Å². The van der Waals surface area contributed by atoms with Crippen LogP contribution in [-0.4, -0.2) is 100 Å². The molecule has 94 heavy (non-hydrogen) atoms. The Hall–Kier alpha value is -2.64. The van der Waals surface area contributed by atoms with E-state index in [1.54, 1.807) is 6.08 Å². The van der Waals surface area contributed by atoms with Crippen LogP contribution in [0.4, 0.5) is 0 Å². The summed E-state index contributed by atoms with van der Waals surface area (Å²) >= 11 is 0. The Kier molecular flexibility index (Phi) is 68.1. The number of hydrogen-bond acceptors (Lipinski definition) is 10. The fourth-order valence-corrected chi connectivity index (χ4v) is 12.7. The summed E-state index contributed by atoms with van der Waals surface area (Å²) in [6, 6.07) is -0.825. The van der Waals surface area contributed by atoms with E-state index in [1.165, 1.54) is 302 Å². The van der Waals surface area contributed by atoms with Crippen molar-refractivity contribution < 1.29 is 49.3 Å². The highest BCUT2D eigenvalue weighted by atomic mass is 16.7. The summed E-state index contributed by atoms with van der Waals surface area (Å²) in [6.07, 6.45) is 87.1. The molecule has 0 radical (unpaired) electrons. The molecule has 11 heteroatoms. The highest BCUT2D eigenvalue weighted by molar-refractivity contribution is 5.76. The van der Waals surface area contributed by atoms with Crippen LogP contribution in [0.1, 0.15) is 393 Å². The molecule has 1 heterocycles. The second kappa shape index (κ2) is 71.6. The number of carbonyl (C=O) groups excluding carboxylic acids is 2. The minimum absolute atomic E-state index is 0.0123. The molecule has 0 aromatic carbocycles. The van der Waals surface area contributed by atoms with Crippen LogP contribution in [-0.2, 0) is 23.8 Å². The third kappa shape index (κ3) is 59.4. The first-order valence-corrected chi connectivity index (χ1v) is 40.6. The molecule has 1 rings (SSSR count). The van der Waals surface area contributed by atoms with E-state index in [0.29, 0.717) is 19.4 Å². The molecule has 1 aliphatic heterocycles. The smallest absolute Gasteiger partial charge is 0.305 e. The van der Waals surface area contributed by atoms with Crippen molar-refractivity contribution in [3.05, 3.63) is 60.8 Å². The maximum Gasteiger partial charge on any atom is 0.305 e. The summed E-state index contributed by atoms with van der Waals surface area (Å²) in [5.74, 6) is -0.178. The Morgan fingerprint density at radius 1 is 0.394 bits per heavy atom. The zero-order valence-corrected chi connectivity index (χ0v) is 61.4. The number of aliphatic hydroxyl groups excluding tert-OH is 5. The average Bonchev–Trinajstić information content (AvgIpc) is 0.852. The van der Waals surface area contributed by atoms with Gasteiger partial charge in [-0.05, 0) is 103 Å². The number of esters is 1. The number of rotatable bonds is 72. The van der Waals surface area contributed by atoms with Gasteiger partial charge in [0.15, 0.2) is 6.29 Å². The van der Waals surface area contributed by atoms with E-state index in [9.17, 15) is 35.1 Å². The van der Waals surface area contributed by atoms with Gasteiger partial charge in [-0.3, -0.25) is 9.59 Å². The van der Waals surface area contributed by atoms with E-state index in [0.717, 1.165) is 64.2 Å². The van der Waals surface area contributed by atoms with Crippen LogP contribution < -0.4 is 5.32 Å². The quantitative estimate of drug-likeness (QED) is 0.0195. The molecule has 7 atom stereocenters. The molecular weight excluding hydrogens is 1170 g/mol. The third-order valence-electron chi connectivity index (χ3n) is 19.1. The van der Waals surface area contributed by atoms with Gasteiger partial charge in [-0.2, -0.15) is 0 Å². The normalized spacial score (nSPS) is 17.7. The maximum absolute atomic E-state index is 13.0. The molecule has 1 saturated heterocycles. The zero-order chi connectivity index (χ0) is 67.9. The molecule has 0 aromatic rings. The first kappa shape index (κ1) is 89.4.